The van der Waals surface area contributed by atoms with E-state index in [1.165, 1.54) is 33.4 Å². The lowest BCUT2D eigenvalue weighted by atomic mass is 9.89. The fraction of sp³-hybridized carbons (Fsp3) is 0.806. The molecule has 1 aromatic heterocycles. The van der Waals surface area contributed by atoms with E-state index in [-0.39, 0.29) is 38.9 Å². The van der Waals surface area contributed by atoms with Crippen LogP contribution in [0.2, 0.25) is 0 Å². The summed E-state index contributed by atoms with van der Waals surface area (Å²) in [6, 6.07) is -0.198. The zero-order chi connectivity index (χ0) is 41.6. The third-order valence-electron chi connectivity index (χ3n) is 8.44. The molecule has 2 saturated heterocycles. The smallest absolute Gasteiger partial charge is 0.407 e. The largest absolute Gasteiger partial charge is 0.447 e. The predicted molar refractivity (Wildman–Crippen MR) is 188 cm³/mol. The Labute approximate surface area is 321 Å². The first-order valence-corrected chi connectivity index (χ1v) is 19.4. The second-order valence-corrected chi connectivity index (χ2v) is 15.1. The Morgan fingerprint density at radius 2 is 1.82 bits per heavy atom. The molecule has 322 valence electrons. The Kier molecular flexibility index (Phi) is 18.9. The lowest BCUT2D eigenvalue weighted by Crippen LogP contribution is -2.66. The maximum Gasteiger partial charge on any atom is 0.407 e. The summed E-state index contributed by atoms with van der Waals surface area (Å²) >= 11 is 0. The molecule has 12 atom stereocenters. The lowest BCUT2D eigenvalue weighted by molar-refractivity contribution is -0.282. The standard InChI is InChI=1S/C31H54N5O19P/c1-31(55-56(4,46)52-16-20-25(42)26(43)28(53-20)36-6-5-21(32)34-29(36)44)11-18(38)23(27(54-31)24(41)19(39)13-37)35-22(40)12-33-30(45)51-15-17(50-10-8-48-3)14-49-9-7-47-2/h5-6,17-20,23-28,37-39,41-43H,7-16H2,1-4H3,(H,33,45)(H,35,40)(H2,32,34,44)/t17?,18-,19-,20?,23-,24-,25-,26-,27?,28?,31+,56?/m1/s1. The van der Waals surface area contributed by atoms with Crippen LogP contribution in [0.3, 0.4) is 0 Å². The van der Waals surface area contributed by atoms with Gasteiger partial charge in [-0.2, -0.15) is 4.98 Å². The van der Waals surface area contributed by atoms with Crippen molar-refractivity contribution in [1.29, 1.82) is 0 Å². The quantitative estimate of drug-likeness (QED) is 0.0373. The average molecular weight is 832 g/mol. The highest BCUT2D eigenvalue weighted by atomic mass is 31.2. The number of carbonyl (C=O) groups is 2. The molecule has 0 bridgehead atoms. The number of amides is 2. The number of nitrogen functional groups attached to an aromatic ring is 1. The molecule has 2 aliphatic heterocycles. The number of ether oxygens (including phenoxy) is 7. The van der Waals surface area contributed by atoms with E-state index in [9.17, 15) is 49.6 Å². The van der Waals surface area contributed by atoms with Gasteiger partial charge in [0.1, 0.15) is 61.7 Å². The normalized spacial score (nSPS) is 29.2. The molecule has 2 amide bonds. The molecular weight excluding hydrogens is 777 g/mol. The van der Waals surface area contributed by atoms with Gasteiger partial charge in [-0.15, -0.1) is 0 Å². The number of aliphatic hydroxyl groups excluding tert-OH is 6. The zero-order valence-electron chi connectivity index (χ0n) is 31.4. The van der Waals surface area contributed by atoms with Crippen LogP contribution < -0.4 is 22.1 Å². The van der Waals surface area contributed by atoms with Gasteiger partial charge in [0.25, 0.3) is 0 Å². The number of alkyl carbamates (subject to hydrolysis) is 1. The van der Waals surface area contributed by atoms with Gasteiger partial charge in [-0.05, 0) is 13.0 Å². The van der Waals surface area contributed by atoms with Crippen molar-refractivity contribution in [2.45, 2.75) is 80.2 Å². The van der Waals surface area contributed by atoms with Crippen LogP contribution >= 0.6 is 7.60 Å². The third-order valence-corrected chi connectivity index (χ3v) is 9.78. The monoisotopic (exact) mass is 831 g/mol. The summed E-state index contributed by atoms with van der Waals surface area (Å²) in [4.78, 5) is 41.1. The number of carbonyl (C=O) groups excluding carboxylic acids is 2. The van der Waals surface area contributed by atoms with Gasteiger partial charge in [-0.3, -0.25) is 18.5 Å². The van der Waals surface area contributed by atoms with Crippen LogP contribution in [0.25, 0.3) is 0 Å². The van der Waals surface area contributed by atoms with Crippen molar-refractivity contribution in [3.8, 4) is 0 Å². The molecule has 2 aliphatic rings. The molecule has 0 spiro atoms. The van der Waals surface area contributed by atoms with Crippen molar-refractivity contribution in [3.63, 3.8) is 0 Å². The Hall–Kier alpha value is -2.91. The summed E-state index contributed by atoms with van der Waals surface area (Å²) in [6.45, 7) is 0.899. The number of hydrogen-bond acceptors (Lipinski definition) is 21. The van der Waals surface area contributed by atoms with E-state index in [0.717, 1.165) is 11.2 Å². The summed E-state index contributed by atoms with van der Waals surface area (Å²) in [7, 11) is -1.22. The molecule has 0 aliphatic carbocycles. The second-order valence-electron chi connectivity index (χ2n) is 13.1. The fourth-order valence-corrected chi connectivity index (χ4v) is 6.98. The van der Waals surface area contributed by atoms with Crippen LogP contribution in [-0.4, -0.2) is 193 Å². The van der Waals surface area contributed by atoms with E-state index in [0.29, 0.717) is 6.61 Å². The first kappa shape index (κ1) is 47.5. The van der Waals surface area contributed by atoms with Gasteiger partial charge in [0.05, 0.1) is 58.4 Å². The molecule has 25 heteroatoms. The molecule has 2 fully saturated rings. The van der Waals surface area contributed by atoms with Gasteiger partial charge < -0.3 is 84.7 Å². The summed E-state index contributed by atoms with van der Waals surface area (Å²) in [5.41, 5.74) is 4.63. The van der Waals surface area contributed by atoms with Crippen molar-refractivity contribution in [2.75, 3.05) is 86.0 Å². The van der Waals surface area contributed by atoms with Crippen LogP contribution in [-0.2, 0) is 51.6 Å². The molecule has 24 nitrogen and oxygen atoms in total. The van der Waals surface area contributed by atoms with Gasteiger partial charge in [-0.25, -0.2) is 9.59 Å². The van der Waals surface area contributed by atoms with E-state index in [1.807, 2.05) is 0 Å². The summed E-state index contributed by atoms with van der Waals surface area (Å²) in [6.07, 6.45) is -14.0. The number of anilines is 1. The average Bonchev–Trinajstić information content (AvgIpc) is 3.42. The van der Waals surface area contributed by atoms with Gasteiger partial charge >= 0.3 is 19.4 Å². The number of methoxy groups -OCH3 is 2. The Bertz CT molecular complexity index is 1490. The molecule has 1 aromatic rings. The van der Waals surface area contributed by atoms with Crippen molar-refractivity contribution in [2.24, 2.45) is 0 Å². The molecule has 3 heterocycles. The maximum absolute atomic E-state index is 13.5. The summed E-state index contributed by atoms with van der Waals surface area (Å²) in [5.74, 6) is -2.99. The van der Waals surface area contributed by atoms with Gasteiger partial charge in [0.15, 0.2) is 12.0 Å². The minimum absolute atomic E-state index is 0.0710. The van der Waals surface area contributed by atoms with Crippen LogP contribution in [0.5, 0.6) is 0 Å². The molecule has 3 rings (SSSR count). The fourth-order valence-electron chi connectivity index (χ4n) is 5.69. The number of hydrogen-bond donors (Lipinski definition) is 9. The van der Waals surface area contributed by atoms with E-state index in [1.54, 1.807) is 0 Å². The number of nitrogens with one attached hydrogen (secondary N) is 2. The van der Waals surface area contributed by atoms with Crippen LogP contribution in [0.4, 0.5) is 10.6 Å². The van der Waals surface area contributed by atoms with E-state index in [4.69, 9.17) is 47.9 Å². The Balaban J connectivity index is 1.59. The number of aromatic nitrogens is 2. The molecular formula is C31H54N5O19P. The molecule has 0 radical (unpaired) electrons. The predicted octanol–water partition coefficient (Wildman–Crippen LogP) is -4.21. The highest BCUT2D eigenvalue weighted by Crippen LogP contribution is 2.51. The van der Waals surface area contributed by atoms with Crippen molar-refractivity contribution >= 4 is 25.4 Å². The Morgan fingerprint density at radius 1 is 1.12 bits per heavy atom. The number of rotatable bonds is 23. The summed E-state index contributed by atoms with van der Waals surface area (Å²) < 4.78 is 62.9. The first-order chi connectivity index (χ1) is 26.4. The number of aliphatic hydroxyl groups is 6. The zero-order valence-corrected chi connectivity index (χ0v) is 32.3. The van der Waals surface area contributed by atoms with Crippen LogP contribution in [0.15, 0.2) is 17.1 Å². The lowest BCUT2D eigenvalue weighted by Gasteiger charge is -2.47. The molecule has 0 aromatic carbocycles. The first-order valence-electron chi connectivity index (χ1n) is 17.4. The maximum atomic E-state index is 13.5. The van der Waals surface area contributed by atoms with Gasteiger partial charge in [-0.1, -0.05) is 0 Å². The summed E-state index contributed by atoms with van der Waals surface area (Å²) in [5, 5.41) is 67.5. The molecule has 10 N–H and O–H groups in total. The van der Waals surface area contributed by atoms with E-state index < -0.39 is 118 Å². The highest BCUT2D eigenvalue weighted by Gasteiger charge is 2.52. The minimum Gasteiger partial charge on any atom is -0.447 e. The highest BCUT2D eigenvalue weighted by molar-refractivity contribution is 7.53. The van der Waals surface area contributed by atoms with E-state index in [2.05, 4.69) is 15.6 Å². The minimum atomic E-state index is -4.22. The second kappa shape index (κ2) is 22.3. The molecule has 5 unspecified atom stereocenters. The van der Waals surface area contributed by atoms with Crippen LogP contribution in [0.1, 0.15) is 19.6 Å². The van der Waals surface area contributed by atoms with Crippen molar-refractivity contribution in [1.82, 2.24) is 20.2 Å². The molecule has 56 heavy (non-hydrogen) atoms. The third kappa shape index (κ3) is 14.2. The van der Waals surface area contributed by atoms with Crippen LogP contribution in [0, 0.1) is 0 Å². The van der Waals surface area contributed by atoms with Gasteiger partial charge in [0, 0.05) is 33.5 Å². The SMILES string of the molecule is COCCOCC(COC(=O)NCC(=O)N[C@H]1C([C@H](O)[C@H](O)CO)O[C@@](C)(OP(C)(=O)OCC2OC(n3ccc(N)nc3=O)[C@H](O)[C@@H]2O)C[C@H]1O)OCCOC. The topological polar surface area (TPSA) is 341 Å². The number of nitrogens with zero attached hydrogens (tertiary/aromatic N) is 2. The Morgan fingerprint density at radius 3 is 2.48 bits per heavy atom. The van der Waals surface area contributed by atoms with Crippen molar-refractivity contribution < 1.29 is 87.0 Å². The molecule has 0 saturated carbocycles. The van der Waals surface area contributed by atoms with Crippen molar-refractivity contribution in [3.05, 3.63) is 22.7 Å². The van der Waals surface area contributed by atoms with Gasteiger partial charge in [0.2, 0.25) is 5.91 Å². The number of nitrogens with two attached hydrogens (primary N) is 1. The van der Waals surface area contributed by atoms with E-state index >= 15 is 0 Å².